The van der Waals surface area contributed by atoms with Crippen LogP contribution in [0.25, 0.3) is 6.08 Å². The van der Waals surface area contributed by atoms with Crippen LogP contribution in [-0.2, 0) is 18.8 Å². The molecule has 1 aromatic carbocycles. The predicted molar refractivity (Wildman–Crippen MR) is 128 cm³/mol. The SMILES string of the molecule is CC(C)C[C@H](NCC=Cc1ccc(B2OC(C)(C)C(C)(C)O2)cc1)C(=O)OC(C)(C)C. The van der Waals surface area contributed by atoms with E-state index in [2.05, 4.69) is 59.0 Å². The van der Waals surface area contributed by atoms with Crippen molar-refractivity contribution in [3.63, 3.8) is 0 Å². The molecule has 1 aliphatic heterocycles. The van der Waals surface area contributed by atoms with Crippen LogP contribution in [-0.4, -0.2) is 42.5 Å². The molecule has 1 fully saturated rings. The molecule has 1 aliphatic rings. The van der Waals surface area contributed by atoms with Gasteiger partial charge in [-0.25, -0.2) is 0 Å². The van der Waals surface area contributed by atoms with Crippen molar-refractivity contribution in [2.24, 2.45) is 5.92 Å². The maximum absolute atomic E-state index is 12.5. The lowest BCUT2D eigenvalue weighted by molar-refractivity contribution is -0.157. The Kier molecular flexibility index (Phi) is 8.18. The summed E-state index contributed by atoms with van der Waals surface area (Å²) >= 11 is 0. The van der Waals surface area contributed by atoms with Crippen molar-refractivity contribution in [1.29, 1.82) is 0 Å². The molecular weight excluding hydrogens is 389 g/mol. The lowest BCUT2D eigenvalue weighted by Crippen LogP contribution is -2.42. The fourth-order valence-electron chi connectivity index (χ4n) is 3.26. The van der Waals surface area contributed by atoms with Crippen LogP contribution >= 0.6 is 0 Å². The molecule has 0 amide bonds. The van der Waals surface area contributed by atoms with E-state index in [0.717, 1.165) is 17.4 Å². The van der Waals surface area contributed by atoms with Gasteiger partial charge in [-0.2, -0.15) is 0 Å². The highest BCUT2D eigenvalue weighted by Gasteiger charge is 2.51. The highest BCUT2D eigenvalue weighted by Crippen LogP contribution is 2.36. The molecule has 0 bridgehead atoms. The molecule has 0 radical (unpaired) electrons. The first-order chi connectivity index (χ1) is 14.2. The molecule has 0 aliphatic carbocycles. The second kappa shape index (κ2) is 9.89. The summed E-state index contributed by atoms with van der Waals surface area (Å²) in [6.07, 6.45) is 4.82. The second-order valence-corrected chi connectivity index (χ2v) is 10.8. The monoisotopic (exact) mass is 429 g/mol. The zero-order chi connectivity index (χ0) is 23.4. The molecule has 172 valence electrons. The minimum absolute atomic E-state index is 0.193. The summed E-state index contributed by atoms with van der Waals surface area (Å²) in [5.74, 6) is 0.206. The van der Waals surface area contributed by atoms with Crippen LogP contribution in [0.3, 0.4) is 0 Å². The number of hydrogen-bond acceptors (Lipinski definition) is 5. The normalized spacial score (nSPS) is 19.2. The Hall–Kier alpha value is -1.63. The molecule has 6 heteroatoms. The summed E-state index contributed by atoms with van der Waals surface area (Å²) in [6, 6.07) is 7.87. The van der Waals surface area contributed by atoms with Gasteiger partial charge in [0.15, 0.2) is 0 Å². The standard InChI is InChI=1S/C25H40BNO4/c1-18(2)17-21(22(28)29-23(3,4)5)27-16-10-11-19-12-14-20(15-13-19)26-30-24(6,7)25(8,9)31-26/h10-15,18,21,27H,16-17H2,1-9H3/t21-/m0/s1. The van der Waals surface area contributed by atoms with E-state index in [1.54, 1.807) is 0 Å². The van der Waals surface area contributed by atoms with Crippen molar-refractivity contribution < 1.29 is 18.8 Å². The van der Waals surface area contributed by atoms with Crippen LogP contribution < -0.4 is 10.8 Å². The molecule has 1 heterocycles. The van der Waals surface area contributed by atoms with Gasteiger partial charge in [0.25, 0.3) is 0 Å². The van der Waals surface area contributed by atoms with Crippen LogP contribution in [0, 0.1) is 5.92 Å². The molecule has 1 atom stereocenters. The van der Waals surface area contributed by atoms with Gasteiger partial charge in [0.05, 0.1) is 11.2 Å². The van der Waals surface area contributed by atoms with Crippen LogP contribution in [0.4, 0.5) is 0 Å². The van der Waals surface area contributed by atoms with E-state index in [1.807, 2.05) is 45.1 Å². The molecule has 1 saturated heterocycles. The van der Waals surface area contributed by atoms with Crippen LogP contribution in [0.1, 0.15) is 74.3 Å². The van der Waals surface area contributed by atoms with Crippen molar-refractivity contribution in [1.82, 2.24) is 5.32 Å². The van der Waals surface area contributed by atoms with Crippen LogP contribution in [0.15, 0.2) is 30.3 Å². The van der Waals surface area contributed by atoms with E-state index in [1.165, 1.54) is 0 Å². The van der Waals surface area contributed by atoms with E-state index in [0.29, 0.717) is 12.5 Å². The third-order valence-corrected chi connectivity index (χ3v) is 5.65. The Morgan fingerprint density at radius 1 is 1.10 bits per heavy atom. The smallest absolute Gasteiger partial charge is 0.459 e. The highest BCUT2D eigenvalue weighted by atomic mass is 16.7. The van der Waals surface area contributed by atoms with Gasteiger partial charge in [-0.1, -0.05) is 50.3 Å². The zero-order valence-electron chi connectivity index (χ0n) is 20.7. The van der Waals surface area contributed by atoms with Gasteiger partial charge < -0.3 is 19.4 Å². The van der Waals surface area contributed by atoms with Crippen molar-refractivity contribution in [2.45, 2.75) is 91.6 Å². The minimum atomic E-state index is -0.483. The van der Waals surface area contributed by atoms with Crippen molar-refractivity contribution in [3.05, 3.63) is 35.9 Å². The molecule has 0 saturated carbocycles. The molecule has 0 unspecified atom stereocenters. The van der Waals surface area contributed by atoms with Gasteiger partial charge in [-0.15, -0.1) is 0 Å². The molecule has 31 heavy (non-hydrogen) atoms. The topological polar surface area (TPSA) is 56.8 Å². The largest absolute Gasteiger partial charge is 0.494 e. The lowest BCUT2D eigenvalue weighted by atomic mass is 9.79. The third-order valence-electron chi connectivity index (χ3n) is 5.65. The molecule has 0 spiro atoms. The quantitative estimate of drug-likeness (QED) is 0.492. The van der Waals surface area contributed by atoms with E-state index in [9.17, 15) is 4.79 Å². The van der Waals surface area contributed by atoms with E-state index in [-0.39, 0.29) is 30.3 Å². The average molecular weight is 429 g/mol. The van der Waals surface area contributed by atoms with Gasteiger partial charge in [0, 0.05) is 6.54 Å². The average Bonchev–Trinajstić information content (AvgIpc) is 2.84. The Labute approximate surface area is 189 Å². The first kappa shape index (κ1) is 25.6. The molecule has 0 aromatic heterocycles. The number of rotatable bonds is 8. The van der Waals surface area contributed by atoms with Crippen molar-refractivity contribution >= 4 is 24.6 Å². The maximum atomic E-state index is 12.5. The second-order valence-electron chi connectivity index (χ2n) is 10.8. The molecule has 1 aromatic rings. The van der Waals surface area contributed by atoms with Gasteiger partial charge in [-0.05, 0) is 71.8 Å². The van der Waals surface area contributed by atoms with Gasteiger partial charge >= 0.3 is 13.1 Å². The number of esters is 1. The fourth-order valence-corrected chi connectivity index (χ4v) is 3.26. The fraction of sp³-hybridized carbons (Fsp3) is 0.640. The maximum Gasteiger partial charge on any atom is 0.494 e. The molecule has 2 rings (SSSR count). The van der Waals surface area contributed by atoms with Crippen molar-refractivity contribution in [3.8, 4) is 0 Å². The number of carbonyl (C=O) groups is 1. The first-order valence-electron chi connectivity index (χ1n) is 11.3. The van der Waals surface area contributed by atoms with Crippen LogP contribution in [0.2, 0.25) is 0 Å². The highest BCUT2D eigenvalue weighted by molar-refractivity contribution is 6.62. The van der Waals surface area contributed by atoms with Gasteiger partial charge in [0.1, 0.15) is 11.6 Å². The Balaban J connectivity index is 1.92. The van der Waals surface area contributed by atoms with E-state index in [4.69, 9.17) is 14.0 Å². The van der Waals surface area contributed by atoms with E-state index < -0.39 is 5.60 Å². The lowest BCUT2D eigenvalue weighted by Gasteiger charge is -2.32. The van der Waals surface area contributed by atoms with Gasteiger partial charge in [0.2, 0.25) is 0 Å². The number of carbonyl (C=O) groups excluding carboxylic acids is 1. The summed E-state index contributed by atoms with van der Waals surface area (Å²) in [6.45, 7) is 18.7. The summed E-state index contributed by atoms with van der Waals surface area (Å²) < 4.78 is 17.8. The Bertz CT molecular complexity index is 747. The molecular formula is C25H40BNO4. The minimum Gasteiger partial charge on any atom is -0.459 e. The number of nitrogens with one attached hydrogen (secondary N) is 1. The summed E-state index contributed by atoms with van der Waals surface area (Å²) in [7, 11) is -0.352. The van der Waals surface area contributed by atoms with Gasteiger partial charge in [-0.3, -0.25) is 4.79 Å². The Morgan fingerprint density at radius 3 is 2.13 bits per heavy atom. The number of benzene rings is 1. The number of ether oxygens (including phenoxy) is 1. The first-order valence-corrected chi connectivity index (χ1v) is 11.3. The van der Waals surface area contributed by atoms with E-state index >= 15 is 0 Å². The van der Waals surface area contributed by atoms with Crippen LogP contribution in [0.5, 0.6) is 0 Å². The summed E-state index contributed by atoms with van der Waals surface area (Å²) in [4.78, 5) is 12.5. The Morgan fingerprint density at radius 2 is 1.65 bits per heavy atom. The van der Waals surface area contributed by atoms with Crippen molar-refractivity contribution in [2.75, 3.05) is 6.54 Å². The number of hydrogen-bond donors (Lipinski definition) is 1. The zero-order valence-corrected chi connectivity index (χ0v) is 20.7. The predicted octanol–water partition coefficient (Wildman–Crippen LogP) is 4.35. The molecule has 1 N–H and O–H groups in total. The molecule has 5 nitrogen and oxygen atoms in total. The third kappa shape index (κ3) is 7.48. The summed E-state index contributed by atoms with van der Waals surface area (Å²) in [5, 5.41) is 3.32. The summed E-state index contributed by atoms with van der Waals surface area (Å²) in [5.41, 5.74) is 0.920.